The van der Waals surface area contributed by atoms with Gasteiger partial charge in [0.15, 0.2) is 5.16 Å². The van der Waals surface area contributed by atoms with Gasteiger partial charge in [-0.15, -0.1) is 10.2 Å². The monoisotopic (exact) mass is 340 g/mol. The first-order valence-electron chi connectivity index (χ1n) is 7.28. The zero-order valence-electron chi connectivity index (χ0n) is 13.0. The quantitative estimate of drug-likeness (QED) is 0.699. The summed E-state index contributed by atoms with van der Waals surface area (Å²) in [4.78, 5) is 12.0. The number of amides is 1. The smallest absolute Gasteiger partial charge is 0.234 e. The molecule has 0 aliphatic carbocycles. The van der Waals surface area contributed by atoms with Crippen LogP contribution in [0.15, 0.2) is 66.1 Å². The van der Waals surface area contributed by atoms with Crippen molar-refractivity contribution in [3.05, 3.63) is 60.9 Å². The van der Waals surface area contributed by atoms with E-state index in [1.54, 1.807) is 13.4 Å². The number of hydrogen-bond acceptors (Lipinski definition) is 5. The van der Waals surface area contributed by atoms with Crippen LogP contribution < -0.4 is 10.1 Å². The van der Waals surface area contributed by atoms with Crippen molar-refractivity contribution in [3.63, 3.8) is 0 Å². The highest BCUT2D eigenvalue weighted by Crippen LogP contribution is 2.21. The van der Waals surface area contributed by atoms with Crippen molar-refractivity contribution in [2.75, 3.05) is 18.2 Å². The van der Waals surface area contributed by atoms with Gasteiger partial charge in [0.2, 0.25) is 5.91 Å². The maximum atomic E-state index is 12.0. The van der Waals surface area contributed by atoms with E-state index >= 15 is 0 Å². The molecule has 1 heterocycles. The Kier molecular flexibility index (Phi) is 5.12. The molecule has 0 saturated heterocycles. The van der Waals surface area contributed by atoms with Gasteiger partial charge >= 0.3 is 0 Å². The number of methoxy groups -OCH3 is 1. The molecule has 0 radical (unpaired) electrons. The van der Waals surface area contributed by atoms with Crippen LogP contribution in [0.2, 0.25) is 0 Å². The fourth-order valence-electron chi connectivity index (χ4n) is 2.09. The van der Waals surface area contributed by atoms with Crippen LogP contribution in [0.5, 0.6) is 5.75 Å². The molecule has 7 heteroatoms. The van der Waals surface area contributed by atoms with Gasteiger partial charge in [0.25, 0.3) is 0 Å². The number of carbonyl (C=O) groups is 1. The van der Waals surface area contributed by atoms with E-state index in [0.29, 0.717) is 5.16 Å². The molecule has 0 spiro atoms. The predicted molar refractivity (Wildman–Crippen MR) is 93.7 cm³/mol. The van der Waals surface area contributed by atoms with Crippen molar-refractivity contribution in [2.45, 2.75) is 5.16 Å². The number of ether oxygens (including phenoxy) is 1. The van der Waals surface area contributed by atoms with E-state index in [1.807, 2.05) is 59.2 Å². The van der Waals surface area contributed by atoms with Crippen molar-refractivity contribution in [3.8, 4) is 11.4 Å². The first-order valence-corrected chi connectivity index (χ1v) is 8.27. The Hall–Kier alpha value is -2.80. The number of benzene rings is 2. The average Bonchev–Trinajstić information content (AvgIpc) is 3.09. The summed E-state index contributed by atoms with van der Waals surface area (Å²) in [7, 11) is 1.63. The van der Waals surface area contributed by atoms with E-state index in [1.165, 1.54) is 11.8 Å². The van der Waals surface area contributed by atoms with E-state index < -0.39 is 0 Å². The summed E-state index contributed by atoms with van der Waals surface area (Å²) in [5.41, 5.74) is 1.69. The molecular formula is C17H16N4O2S. The SMILES string of the molecule is COc1ccc(-n2cnnc2SCC(=O)Nc2ccccc2)cc1. The van der Waals surface area contributed by atoms with Gasteiger partial charge in [0, 0.05) is 11.4 Å². The summed E-state index contributed by atoms with van der Waals surface area (Å²) in [6.45, 7) is 0. The number of aromatic nitrogens is 3. The number of rotatable bonds is 6. The largest absolute Gasteiger partial charge is 0.497 e. The number of thioether (sulfide) groups is 1. The van der Waals surface area contributed by atoms with Crippen LogP contribution in [0.3, 0.4) is 0 Å². The molecule has 3 rings (SSSR count). The molecule has 3 aromatic rings. The van der Waals surface area contributed by atoms with Crippen LogP contribution in [0.25, 0.3) is 5.69 Å². The van der Waals surface area contributed by atoms with Gasteiger partial charge in [-0.3, -0.25) is 9.36 Å². The van der Waals surface area contributed by atoms with Gasteiger partial charge in [0.05, 0.1) is 12.9 Å². The third-order valence-corrected chi connectivity index (χ3v) is 4.20. The van der Waals surface area contributed by atoms with Crippen LogP contribution in [0.1, 0.15) is 0 Å². The lowest BCUT2D eigenvalue weighted by molar-refractivity contribution is -0.113. The molecule has 0 aliphatic rings. The highest BCUT2D eigenvalue weighted by atomic mass is 32.2. The van der Waals surface area contributed by atoms with Gasteiger partial charge < -0.3 is 10.1 Å². The number of nitrogens with zero attached hydrogens (tertiary/aromatic N) is 3. The topological polar surface area (TPSA) is 69.0 Å². The minimum atomic E-state index is -0.0875. The van der Waals surface area contributed by atoms with Gasteiger partial charge in [-0.25, -0.2) is 0 Å². The molecule has 0 atom stereocenters. The Morgan fingerprint density at radius 1 is 1.17 bits per heavy atom. The van der Waals surface area contributed by atoms with Crippen LogP contribution in [0, 0.1) is 0 Å². The molecule has 2 aromatic carbocycles. The minimum absolute atomic E-state index is 0.0875. The van der Waals surface area contributed by atoms with Crippen LogP contribution in [-0.4, -0.2) is 33.5 Å². The number of hydrogen-bond donors (Lipinski definition) is 1. The summed E-state index contributed by atoms with van der Waals surface area (Å²) in [6, 6.07) is 16.9. The lowest BCUT2D eigenvalue weighted by Crippen LogP contribution is -2.14. The zero-order chi connectivity index (χ0) is 16.8. The van der Waals surface area contributed by atoms with E-state index in [4.69, 9.17) is 4.74 Å². The van der Waals surface area contributed by atoms with Crippen LogP contribution in [0.4, 0.5) is 5.69 Å². The third kappa shape index (κ3) is 3.94. The summed E-state index contributed by atoms with van der Waals surface area (Å²) >= 11 is 1.33. The van der Waals surface area contributed by atoms with Crippen molar-refractivity contribution in [2.24, 2.45) is 0 Å². The third-order valence-electron chi connectivity index (χ3n) is 3.26. The van der Waals surface area contributed by atoms with Crippen molar-refractivity contribution in [1.29, 1.82) is 0 Å². The lowest BCUT2D eigenvalue weighted by Gasteiger charge is -2.07. The standard InChI is InChI=1S/C17H16N4O2S/c1-23-15-9-7-14(8-10-15)21-12-18-20-17(21)24-11-16(22)19-13-5-3-2-4-6-13/h2-10,12H,11H2,1H3,(H,19,22). The highest BCUT2D eigenvalue weighted by Gasteiger charge is 2.10. The first kappa shape index (κ1) is 16.1. The second kappa shape index (κ2) is 7.65. The number of nitrogens with one attached hydrogen (secondary N) is 1. The molecule has 122 valence electrons. The Balaban J connectivity index is 1.64. The van der Waals surface area contributed by atoms with Gasteiger partial charge in [-0.2, -0.15) is 0 Å². The molecule has 1 amide bonds. The van der Waals surface area contributed by atoms with E-state index in [0.717, 1.165) is 17.1 Å². The van der Waals surface area contributed by atoms with Crippen molar-refractivity contribution in [1.82, 2.24) is 14.8 Å². The Morgan fingerprint density at radius 2 is 1.92 bits per heavy atom. The molecule has 0 bridgehead atoms. The Labute approximate surface area is 143 Å². The molecule has 0 saturated carbocycles. The van der Waals surface area contributed by atoms with Crippen molar-refractivity contribution < 1.29 is 9.53 Å². The molecule has 0 unspecified atom stereocenters. The molecule has 0 aliphatic heterocycles. The van der Waals surface area contributed by atoms with E-state index in [-0.39, 0.29) is 11.7 Å². The Bertz CT molecular complexity index is 803. The molecule has 6 nitrogen and oxygen atoms in total. The van der Waals surface area contributed by atoms with Crippen LogP contribution in [-0.2, 0) is 4.79 Å². The summed E-state index contributed by atoms with van der Waals surface area (Å²) in [5.74, 6) is 0.947. The van der Waals surface area contributed by atoms with Gasteiger partial charge in [-0.1, -0.05) is 30.0 Å². The minimum Gasteiger partial charge on any atom is -0.497 e. The lowest BCUT2D eigenvalue weighted by atomic mass is 10.3. The average molecular weight is 340 g/mol. The molecule has 1 aromatic heterocycles. The Morgan fingerprint density at radius 3 is 2.62 bits per heavy atom. The van der Waals surface area contributed by atoms with Gasteiger partial charge in [-0.05, 0) is 36.4 Å². The van der Waals surface area contributed by atoms with E-state index in [2.05, 4.69) is 15.5 Å². The second-order valence-corrected chi connectivity index (χ2v) is 5.83. The van der Waals surface area contributed by atoms with Gasteiger partial charge in [0.1, 0.15) is 12.1 Å². The van der Waals surface area contributed by atoms with E-state index in [9.17, 15) is 4.79 Å². The summed E-state index contributed by atoms with van der Waals surface area (Å²) in [5, 5.41) is 11.5. The second-order valence-electron chi connectivity index (χ2n) is 4.88. The normalized spacial score (nSPS) is 10.4. The fourth-order valence-corrected chi connectivity index (χ4v) is 2.82. The maximum absolute atomic E-state index is 12.0. The van der Waals surface area contributed by atoms with Crippen LogP contribution >= 0.6 is 11.8 Å². The maximum Gasteiger partial charge on any atom is 0.234 e. The first-order chi connectivity index (χ1) is 11.8. The number of anilines is 1. The zero-order valence-corrected chi connectivity index (χ0v) is 13.9. The molecule has 1 N–H and O–H groups in total. The van der Waals surface area contributed by atoms with Crippen molar-refractivity contribution >= 4 is 23.4 Å². The number of para-hydroxylation sites is 1. The fraction of sp³-hybridized carbons (Fsp3) is 0.118. The number of carbonyl (C=O) groups excluding carboxylic acids is 1. The molecule has 24 heavy (non-hydrogen) atoms. The summed E-state index contributed by atoms with van der Waals surface area (Å²) < 4.78 is 6.99. The molecular weight excluding hydrogens is 324 g/mol. The molecule has 0 fully saturated rings. The summed E-state index contributed by atoms with van der Waals surface area (Å²) in [6.07, 6.45) is 1.62. The predicted octanol–water partition coefficient (Wildman–Crippen LogP) is 3.01. The highest BCUT2D eigenvalue weighted by molar-refractivity contribution is 7.99.